The van der Waals surface area contributed by atoms with Crippen LogP contribution in [0.25, 0.3) is 11.5 Å². The van der Waals surface area contributed by atoms with E-state index >= 15 is 0 Å². The number of halogens is 4. The van der Waals surface area contributed by atoms with Crippen molar-refractivity contribution in [3.63, 3.8) is 0 Å². The third kappa shape index (κ3) is 20.0. The zero-order chi connectivity index (χ0) is 39.0. The number of hydrogen-bond acceptors (Lipinski definition) is 4. The third-order valence-electron chi connectivity index (χ3n) is 12.5. The average Bonchev–Trinajstić information content (AvgIpc) is 2.91. The Hall–Kier alpha value is 1.96. The maximum absolute atomic E-state index is 8.06. The Bertz CT molecular complexity index is 872. The SMILES string of the molecule is CC(C)(CC1(N(C(C)(C)C)C(C)(C)C)CCCCC1)C(CN)CCN.CC(C)(CC1(N(C(C)(C)C)C(C)(C)C)CCCCC1)C(C[NH-])CC[NH-].[Cl-].[Cl-].[Cl-].[Cl-].[Cu+2].[Cu+2]. The Morgan fingerprint density at radius 3 is 0.982 bits per heavy atom. The average molecular weight is 974 g/mol. The van der Waals surface area contributed by atoms with Crippen LogP contribution < -0.4 is 61.1 Å². The smallest absolute Gasteiger partial charge is 1.00 e. The Labute approximate surface area is 396 Å². The summed E-state index contributed by atoms with van der Waals surface area (Å²) in [6.45, 7) is 40.5. The number of nitrogens with one attached hydrogen (secondary N) is 2. The van der Waals surface area contributed by atoms with Gasteiger partial charge in [0.15, 0.2) is 0 Å². The van der Waals surface area contributed by atoms with Gasteiger partial charge in [-0.15, -0.1) is 6.54 Å². The molecule has 2 aliphatic carbocycles. The Morgan fingerprint density at radius 1 is 0.482 bits per heavy atom. The van der Waals surface area contributed by atoms with Gasteiger partial charge in [0.05, 0.1) is 0 Å². The second kappa shape index (κ2) is 27.9. The van der Waals surface area contributed by atoms with Gasteiger partial charge < -0.3 is 72.6 Å². The molecule has 2 radical (unpaired) electrons. The molecular formula is C44H92Cl4Cu2N6-2. The Kier molecular flexibility index (Phi) is 34.7. The van der Waals surface area contributed by atoms with E-state index in [0.29, 0.717) is 24.9 Å². The van der Waals surface area contributed by atoms with Crippen LogP contribution in [0, 0.1) is 22.7 Å². The molecule has 0 amide bonds. The minimum absolute atomic E-state index is 0. The van der Waals surface area contributed by atoms with E-state index in [0.717, 1.165) is 32.4 Å². The number of nitrogens with two attached hydrogens (primary N) is 2. The summed E-state index contributed by atoms with van der Waals surface area (Å²) < 4.78 is 0. The van der Waals surface area contributed by atoms with Gasteiger partial charge in [-0.25, -0.2) is 0 Å². The largest absolute Gasteiger partial charge is 2.00 e. The van der Waals surface area contributed by atoms with Crippen LogP contribution in [0.5, 0.6) is 0 Å². The van der Waals surface area contributed by atoms with Crippen LogP contribution in [0.3, 0.4) is 0 Å². The van der Waals surface area contributed by atoms with Crippen LogP contribution in [0.2, 0.25) is 0 Å². The van der Waals surface area contributed by atoms with Crippen LogP contribution in [-0.4, -0.2) is 69.2 Å². The molecule has 6 nitrogen and oxygen atoms in total. The van der Waals surface area contributed by atoms with Crippen molar-refractivity contribution in [3.8, 4) is 0 Å². The van der Waals surface area contributed by atoms with Crippen LogP contribution in [0.4, 0.5) is 0 Å². The summed E-state index contributed by atoms with van der Waals surface area (Å²) >= 11 is 0. The van der Waals surface area contributed by atoms with Crippen molar-refractivity contribution in [1.29, 1.82) is 0 Å². The zero-order valence-corrected chi connectivity index (χ0v) is 44.0. The molecule has 0 aliphatic heterocycles. The second-order valence-electron chi connectivity index (χ2n) is 22.2. The quantitative estimate of drug-likeness (QED) is 0.241. The van der Waals surface area contributed by atoms with Gasteiger partial charge in [-0.1, -0.05) is 78.6 Å². The predicted molar refractivity (Wildman–Crippen MR) is 224 cm³/mol. The molecule has 350 valence electrons. The maximum Gasteiger partial charge on any atom is 2.00 e. The molecule has 0 aromatic carbocycles. The molecule has 56 heavy (non-hydrogen) atoms. The molecule has 0 saturated heterocycles. The molecule has 2 rings (SSSR count). The van der Waals surface area contributed by atoms with Crippen molar-refractivity contribution < 1.29 is 83.8 Å². The summed E-state index contributed by atoms with van der Waals surface area (Å²) in [7, 11) is 0. The second-order valence-corrected chi connectivity index (χ2v) is 22.2. The Morgan fingerprint density at radius 2 is 0.768 bits per heavy atom. The molecule has 0 aromatic rings. The molecule has 2 unspecified atom stereocenters. The molecule has 0 bridgehead atoms. The summed E-state index contributed by atoms with van der Waals surface area (Å²) in [6.07, 6.45) is 17.5. The van der Waals surface area contributed by atoms with Gasteiger partial charge in [-0.3, -0.25) is 9.80 Å². The molecule has 6 N–H and O–H groups in total. The first-order chi connectivity index (χ1) is 22.6. The van der Waals surface area contributed by atoms with Crippen molar-refractivity contribution in [1.82, 2.24) is 9.80 Å². The normalized spacial score (nSPS) is 18.5. The van der Waals surface area contributed by atoms with Gasteiger partial charge in [0.2, 0.25) is 0 Å². The van der Waals surface area contributed by atoms with Crippen molar-refractivity contribution in [2.24, 2.45) is 34.1 Å². The van der Waals surface area contributed by atoms with Crippen LogP contribution in [0.15, 0.2) is 0 Å². The van der Waals surface area contributed by atoms with Gasteiger partial charge in [-0.05, 0) is 158 Å². The summed E-state index contributed by atoms with van der Waals surface area (Å²) in [5.74, 6) is 0.823. The number of hydrogen-bond donors (Lipinski definition) is 2. The Balaban J connectivity index is -0.000000202. The first-order valence-electron chi connectivity index (χ1n) is 20.9. The topological polar surface area (TPSA) is 106 Å². The van der Waals surface area contributed by atoms with E-state index < -0.39 is 0 Å². The first-order valence-corrected chi connectivity index (χ1v) is 20.9. The van der Waals surface area contributed by atoms with Crippen molar-refractivity contribution in [3.05, 3.63) is 11.5 Å². The van der Waals surface area contributed by atoms with Gasteiger partial charge >= 0.3 is 34.1 Å². The summed E-state index contributed by atoms with van der Waals surface area (Å²) in [5.41, 5.74) is 29.1. The van der Waals surface area contributed by atoms with Gasteiger partial charge in [0.1, 0.15) is 0 Å². The molecular weight excluding hydrogens is 881 g/mol. The van der Waals surface area contributed by atoms with E-state index in [-0.39, 0.29) is 128 Å². The predicted octanol–water partition coefficient (Wildman–Crippen LogP) is 0.0546. The van der Waals surface area contributed by atoms with E-state index in [1.54, 1.807) is 0 Å². The van der Waals surface area contributed by atoms with Crippen LogP contribution in [0.1, 0.15) is 201 Å². The molecule has 0 spiro atoms. The van der Waals surface area contributed by atoms with Gasteiger partial charge in [0.25, 0.3) is 0 Å². The molecule has 2 aliphatic rings. The van der Waals surface area contributed by atoms with Crippen LogP contribution in [-0.2, 0) is 34.1 Å². The van der Waals surface area contributed by atoms with E-state index in [1.165, 1.54) is 70.6 Å². The fraction of sp³-hybridized carbons (Fsp3) is 1.00. The number of nitrogens with zero attached hydrogens (tertiary/aromatic N) is 2. The van der Waals surface area contributed by atoms with E-state index in [1.807, 2.05) is 0 Å². The minimum atomic E-state index is 0. The minimum Gasteiger partial charge on any atom is -1.00 e. The zero-order valence-electron chi connectivity index (χ0n) is 39.0. The van der Waals surface area contributed by atoms with Crippen LogP contribution >= 0.6 is 0 Å². The van der Waals surface area contributed by atoms with Gasteiger partial charge in [-0.2, -0.15) is 6.54 Å². The first kappa shape index (κ1) is 69.7. The number of rotatable bonds is 14. The molecule has 0 aromatic heterocycles. The van der Waals surface area contributed by atoms with Crippen molar-refractivity contribution >= 4 is 0 Å². The van der Waals surface area contributed by atoms with E-state index in [4.69, 9.17) is 22.9 Å². The summed E-state index contributed by atoms with van der Waals surface area (Å²) in [4.78, 5) is 5.67. The monoisotopic (exact) mass is 970 g/mol. The van der Waals surface area contributed by atoms with E-state index in [2.05, 4.69) is 121 Å². The van der Waals surface area contributed by atoms with Crippen molar-refractivity contribution in [2.45, 2.75) is 234 Å². The molecule has 0 heterocycles. The molecule has 2 atom stereocenters. The fourth-order valence-electron chi connectivity index (χ4n) is 12.2. The molecule has 2 saturated carbocycles. The fourth-order valence-corrected chi connectivity index (χ4v) is 12.2. The molecule has 12 heteroatoms. The summed E-state index contributed by atoms with van der Waals surface area (Å²) in [6, 6.07) is 0. The van der Waals surface area contributed by atoms with E-state index in [9.17, 15) is 0 Å². The van der Waals surface area contributed by atoms with Gasteiger partial charge in [0, 0.05) is 33.2 Å². The maximum atomic E-state index is 8.06. The molecule has 2 fully saturated rings. The third-order valence-corrected chi connectivity index (χ3v) is 12.5. The summed E-state index contributed by atoms with van der Waals surface area (Å²) in [5, 5.41) is 0. The standard InChI is InChI=1S/C22H47N3.C22H45N3.4ClH.2Cu/c2*1-19(2,3)25(20(4,5)6)22(13-10-9-11-14-22)17-21(7,8)18(16-24)12-15-23;;;;;;/h18H,9-17,23-24H2,1-8H3;18,23-24H,9-17H2,1-8H3;4*1H;;/q;-2;;;;;2*+2/p-4. The van der Waals surface area contributed by atoms with Crippen molar-refractivity contribution in [2.75, 3.05) is 26.2 Å².